The van der Waals surface area contributed by atoms with Gasteiger partial charge in [-0.25, -0.2) is 0 Å². The maximum atomic E-state index is 10.7. The van der Waals surface area contributed by atoms with E-state index in [0.29, 0.717) is 17.1 Å². The first-order valence-electron chi connectivity index (χ1n) is 5.91. The van der Waals surface area contributed by atoms with Crippen LogP contribution in [0.5, 0.6) is 0 Å². The van der Waals surface area contributed by atoms with Gasteiger partial charge in [0.15, 0.2) is 0 Å². The molecule has 0 atom stereocenters. The van der Waals surface area contributed by atoms with E-state index < -0.39 is 9.85 Å². The first kappa shape index (κ1) is 12.7. The SMILES string of the molecule is O=[N+]([O-])c1ccc(N2Nc3ccc([N+](=O)[O-])cc3N2)cc1. The lowest BCUT2D eigenvalue weighted by atomic mass is 10.2. The molecule has 2 aromatic rings. The smallest absolute Gasteiger partial charge is 0.271 e. The van der Waals surface area contributed by atoms with Crippen molar-refractivity contribution in [3.05, 3.63) is 62.7 Å². The first-order valence-corrected chi connectivity index (χ1v) is 5.91. The van der Waals surface area contributed by atoms with E-state index in [9.17, 15) is 20.2 Å². The Bertz CT molecular complexity index is 731. The third-order valence-corrected chi connectivity index (χ3v) is 3.00. The third-order valence-electron chi connectivity index (χ3n) is 3.00. The van der Waals surface area contributed by atoms with Gasteiger partial charge < -0.3 is 0 Å². The third kappa shape index (κ3) is 2.27. The number of hydrogen-bond acceptors (Lipinski definition) is 7. The van der Waals surface area contributed by atoms with E-state index in [1.807, 2.05) is 0 Å². The molecule has 3 rings (SSSR count). The zero-order valence-electron chi connectivity index (χ0n) is 10.5. The van der Waals surface area contributed by atoms with Crippen LogP contribution in [0.15, 0.2) is 42.5 Å². The van der Waals surface area contributed by atoms with Crippen LogP contribution in [0.4, 0.5) is 28.4 Å². The minimum atomic E-state index is -0.479. The Hall–Kier alpha value is -3.36. The number of nitrogens with zero attached hydrogens (tertiary/aromatic N) is 3. The van der Waals surface area contributed by atoms with Gasteiger partial charge in [0.2, 0.25) is 0 Å². The summed E-state index contributed by atoms with van der Waals surface area (Å²) >= 11 is 0. The molecule has 9 heteroatoms. The molecule has 1 aliphatic rings. The predicted molar refractivity (Wildman–Crippen MR) is 75.9 cm³/mol. The highest BCUT2D eigenvalue weighted by Crippen LogP contribution is 2.34. The van der Waals surface area contributed by atoms with Crippen LogP contribution in [0.2, 0.25) is 0 Å². The number of nitro groups is 2. The van der Waals surface area contributed by atoms with Crippen molar-refractivity contribution in [3.63, 3.8) is 0 Å². The monoisotopic (exact) mass is 287 g/mol. The number of nitrogens with one attached hydrogen (secondary N) is 2. The number of fused-ring (bicyclic) bond motifs is 1. The summed E-state index contributed by atoms with van der Waals surface area (Å²) in [6.45, 7) is 0. The van der Waals surface area contributed by atoms with E-state index in [4.69, 9.17) is 0 Å². The fourth-order valence-electron chi connectivity index (χ4n) is 1.96. The predicted octanol–water partition coefficient (Wildman–Crippen LogP) is 2.68. The molecule has 0 bridgehead atoms. The minimum Gasteiger partial charge on any atom is -0.277 e. The molecule has 1 aliphatic heterocycles. The second-order valence-electron chi connectivity index (χ2n) is 4.32. The highest BCUT2D eigenvalue weighted by Gasteiger charge is 2.21. The second kappa shape index (κ2) is 4.63. The summed E-state index contributed by atoms with van der Waals surface area (Å²) in [5, 5.41) is 22.9. The van der Waals surface area contributed by atoms with Gasteiger partial charge in [-0.05, 0) is 18.2 Å². The highest BCUT2D eigenvalue weighted by molar-refractivity contribution is 5.81. The first-order chi connectivity index (χ1) is 10.0. The minimum absolute atomic E-state index is 0.00824. The summed E-state index contributed by atoms with van der Waals surface area (Å²) in [5.74, 6) is 0. The van der Waals surface area contributed by atoms with Crippen molar-refractivity contribution in [3.8, 4) is 0 Å². The molecule has 0 radical (unpaired) electrons. The number of benzene rings is 2. The quantitative estimate of drug-likeness (QED) is 0.658. The van der Waals surface area contributed by atoms with E-state index in [2.05, 4.69) is 10.9 Å². The molecule has 1 heterocycles. The largest absolute Gasteiger partial charge is 0.277 e. The average molecular weight is 287 g/mol. The van der Waals surface area contributed by atoms with Crippen molar-refractivity contribution in [2.24, 2.45) is 0 Å². The van der Waals surface area contributed by atoms with E-state index in [1.165, 1.54) is 29.4 Å². The molecule has 0 spiro atoms. The van der Waals surface area contributed by atoms with Crippen LogP contribution in [0.1, 0.15) is 0 Å². The zero-order chi connectivity index (χ0) is 15.0. The summed E-state index contributed by atoms with van der Waals surface area (Å²) in [5.41, 5.74) is 7.79. The Morgan fingerprint density at radius 1 is 0.810 bits per heavy atom. The van der Waals surface area contributed by atoms with Gasteiger partial charge in [0.05, 0.1) is 26.9 Å². The number of anilines is 3. The lowest BCUT2D eigenvalue weighted by Crippen LogP contribution is -2.29. The maximum absolute atomic E-state index is 10.7. The van der Waals surface area contributed by atoms with Gasteiger partial charge in [0.25, 0.3) is 11.4 Å². The van der Waals surface area contributed by atoms with Crippen LogP contribution in [-0.2, 0) is 0 Å². The molecule has 0 saturated carbocycles. The Morgan fingerprint density at radius 3 is 2.00 bits per heavy atom. The van der Waals surface area contributed by atoms with Crippen LogP contribution in [0, 0.1) is 20.2 Å². The topological polar surface area (TPSA) is 114 Å². The average Bonchev–Trinajstić information content (AvgIpc) is 2.90. The van der Waals surface area contributed by atoms with Crippen molar-refractivity contribution in [1.29, 1.82) is 0 Å². The van der Waals surface area contributed by atoms with E-state index >= 15 is 0 Å². The summed E-state index contributed by atoms with van der Waals surface area (Å²) in [6.07, 6.45) is 0. The fraction of sp³-hybridized carbons (Fsp3) is 0. The van der Waals surface area contributed by atoms with Gasteiger partial charge in [-0.2, -0.15) is 5.12 Å². The number of non-ortho nitro benzene ring substituents is 2. The van der Waals surface area contributed by atoms with Crippen molar-refractivity contribution in [2.75, 3.05) is 16.0 Å². The molecule has 0 unspecified atom stereocenters. The molecule has 0 amide bonds. The van der Waals surface area contributed by atoms with Gasteiger partial charge in [-0.3, -0.25) is 31.1 Å². The van der Waals surface area contributed by atoms with Gasteiger partial charge in [0.1, 0.15) is 0 Å². The van der Waals surface area contributed by atoms with Gasteiger partial charge in [0, 0.05) is 24.3 Å². The summed E-state index contributed by atoms with van der Waals surface area (Å²) in [7, 11) is 0. The summed E-state index contributed by atoms with van der Waals surface area (Å²) in [4.78, 5) is 20.4. The Kier molecular flexibility index (Phi) is 2.79. The van der Waals surface area contributed by atoms with Crippen LogP contribution < -0.4 is 16.0 Å². The lowest BCUT2D eigenvalue weighted by molar-refractivity contribution is -0.385. The molecule has 0 aliphatic carbocycles. The summed E-state index contributed by atoms with van der Waals surface area (Å²) in [6, 6.07) is 10.3. The fourth-order valence-corrected chi connectivity index (χ4v) is 1.96. The molecule has 2 N–H and O–H groups in total. The van der Waals surface area contributed by atoms with Crippen LogP contribution in [-0.4, -0.2) is 9.85 Å². The van der Waals surface area contributed by atoms with Gasteiger partial charge >= 0.3 is 0 Å². The number of hydrogen-bond donors (Lipinski definition) is 2. The highest BCUT2D eigenvalue weighted by atomic mass is 16.6. The van der Waals surface area contributed by atoms with E-state index in [1.54, 1.807) is 18.2 Å². The lowest BCUT2D eigenvalue weighted by Gasteiger charge is -2.18. The maximum Gasteiger partial charge on any atom is 0.271 e. The van der Waals surface area contributed by atoms with E-state index in [-0.39, 0.29) is 11.4 Å². The Balaban J connectivity index is 1.84. The Morgan fingerprint density at radius 2 is 1.38 bits per heavy atom. The van der Waals surface area contributed by atoms with Gasteiger partial charge in [-0.15, -0.1) is 0 Å². The molecule has 9 nitrogen and oxygen atoms in total. The normalized spacial score (nSPS) is 12.3. The number of hydrazine groups is 2. The molecule has 0 fully saturated rings. The molecular weight excluding hydrogens is 278 g/mol. The number of rotatable bonds is 3. The Labute approximate surface area is 118 Å². The molecule has 0 saturated heterocycles. The van der Waals surface area contributed by atoms with Crippen LogP contribution >= 0.6 is 0 Å². The molecular formula is C12H9N5O4. The van der Waals surface area contributed by atoms with Crippen molar-refractivity contribution < 1.29 is 9.85 Å². The summed E-state index contributed by atoms with van der Waals surface area (Å²) < 4.78 is 0. The van der Waals surface area contributed by atoms with Crippen molar-refractivity contribution >= 4 is 28.4 Å². The molecule has 0 aromatic heterocycles. The van der Waals surface area contributed by atoms with Gasteiger partial charge in [-0.1, -0.05) is 0 Å². The standard InChI is InChI=1S/C12H9N5O4/c18-16(19)9-3-1-8(2-4-9)15-13-11-6-5-10(17(20)21)7-12(11)14-15/h1-7,13-14H. The molecule has 106 valence electrons. The van der Waals surface area contributed by atoms with Crippen LogP contribution in [0.25, 0.3) is 0 Å². The zero-order valence-corrected chi connectivity index (χ0v) is 10.5. The van der Waals surface area contributed by atoms with Crippen molar-refractivity contribution in [1.82, 2.24) is 0 Å². The number of nitro benzene ring substituents is 2. The van der Waals surface area contributed by atoms with Crippen LogP contribution in [0.3, 0.4) is 0 Å². The van der Waals surface area contributed by atoms with E-state index in [0.717, 1.165) is 0 Å². The van der Waals surface area contributed by atoms with Crippen molar-refractivity contribution in [2.45, 2.75) is 0 Å². The molecule has 21 heavy (non-hydrogen) atoms. The second-order valence-corrected chi connectivity index (χ2v) is 4.32. The molecule has 2 aromatic carbocycles.